The standard InChI is InChI=1S/C15H18O3Si2/c1-3-8-14(9-4-1)17-20(13-7-12-16-19-20)18-15-10-5-2-6-11-15/h1-6,8-11H,7,12-13,19H2. The summed E-state index contributed by atoms with van der Waals surface area (Å²) in [5, 5.41) is 0. The largest absolute Gasteiger partial charge is 0.513 e. The molecule has 5 heteroatoms. The number of benzene rings is 2. The molecular formula is C15H18O3Si2. The minimum absolute atomic E-state index is 0.778. The lowest BCUT2D eigenvalue weighted by Gasteiger charge is -2.34. The van der Waals surface area contributed by atoms with E-state index in [-0.39, 0.29) is 0 Å². The summed E-state index contributed by atoms with van der Waals surface area (Å²) in [5.74, 6) is 1.79. The van der Waals surface area contributed by atoms with E-state index in [1.165, 1.54) is 0 Å². The van der Waals surface area contributed by atoms with Crippen LogP contribution in [0.5, 0.6) is 11.5 Å². The number of para-hydroxylation sites is 2. The number of hydrogen-bond acceptors (Lipinski definition) is 3. The molecule has 0 radical (unpaired) electrons. The second-order valence-corrected chi connectivity index (χ2v) is 12.4. The average Bonchev–Trinajstić information content (AvgIpc) is 2.50. The van der Waals surface area contributed by atoms with Crippen LogP contribution in [0.2, 0.25) is 6.04 Å². The van der Waals surface area contributed by atoms with Crippen LogP contribution in [0.4, 0.5) is 0 Å². The second kappa shape index (κ2) is 6.26. The van der Waals surface area contributed by atoms with Gasteiger partial charge in [0.05, 0.1) is 0 Å². The van der Waals surface area contributed by atoms with E-state index in [9.17, 15) is 0 Å². The Labute approximate surface area is 122 Å². The molecule has 1 saturated heterocycles. The van der Waals surface area contributed by atoms with Gasteiger partial charge in [0.15, 0.2) is 0 Å². The Morgan fingerprint density at radius 1 is 0.850 bits per heavy atom. The fraction of sp³-hybridized carbons (Fsp3) is 0.200. The van der Waals surface area contributed by atoms with Gasteiger partial charge in [-0.15, -0.1) is 0 Å². The van der Waals surface area contributed by atoms with E-state index in [2.05, 4.69) is 0 Å². The number of hydrogen-bond donors (Lipinski definition) is 0. The van der Waals surface area contributed by atoms with Crippen molar-refractivity contribution in [1.82, 2.24) is 0 Å². The molecule has 0 bridgehead atoms. The minimum atomic E-state index is -2.25. The Morgan fingerprint density at radius 3 is 1.85 bits per heavy atom. The first-order valence-corrected chi connectivity index (χ1v) is 11.9. The zero-order chi connectivity index (χ0) is 13.7. The highest BCUT2D eigenvalue weighted by Crippen LogP contribution is 2.25. The van der Waals surface area contributed by atoms with Gasteiger partial charge in [-0.25, -0.2) is 0 Å². The van der Waals surface area contributed by atoms with Gasteiger partial charge >= 0.3 is 8.08 Å². The first kappa shape index (κ1) is 13.4. The van der Waals surface area contributed by atoms with Crippen LogP contribution in [-0.2, 0) is 4.43 Å². The van der Waals surface area contributed by atoms with Gasteiger partial charge in [-0.1, -0.05) is 36.4 Å². The van der Waals surface area contributed by atoms with Crippen molar-refractivity contribution in [1.29, 1.82) is 0 Å². The molecule has 0 N–H and O–H groups in total. The summed E-state index contributed by atoms with van der Waals surface area (Å²) in [4.78, 5) is 0. The zero-order valence-corrected chi connectivity index (χ0v) is 13.7. The van der Waals surface area contributed by atoms with Crippen LogP contribution in [0.1, 0.15) is 6.42 Å². The predicted octanol–water partition coefficient (Wildman–Crippen LogP) is 2.59. The van der Waals surface area contributed by atoms with Crippen LogP contribution >= 0.6 is 0 Å². The molecule has 0 saturated carbocycles. The topological polar surface area (TPSA) is 27.7 Å². The Hall–Kier alpha value is -1.57. The molecule has 2 aromatic carbocycles. The summed E-state index contributed by atoms with van der Waals surface area (Å²) in [6.07, 6.45) is 1.03. The van der Waals surface area contributed by atoms with E-state index in [4.69, 9.17) is 13.3 Å². The van der Waals surface area contributed by atoms with E-state index < -0.39 is 17.4 Å². The van der Waals surface area contributed by atoms with Gasteiger partial charge in [0.1, 0.15) is 11.5 Å². The summed E-state index contributed by atoms with van der Waals surface area (Å²) >= 11 is 0. The normalized spacial score (nSPS) is 18.6. The molecule has 1 heterocycles. The first-order valence-electron chi connectivity index (χ1n) is 6.92. The zero-order valence-electron chi connectivity index (χ0n) is 11.3. The van der Waals surface area contributed by atoms with Gasteiger partial charge in [0.25, 0.3) is 0 Å². The Kier molecular flexibility index (Phi) is 4.20. The van der Waals surface area contributed by atoms with Crippen molar-refractivity contribution in [2.75, 3.05) is 6.61 Å². The maximum atomic E-state index is 6.30. The molecule has 1 aliphatic heterocycles. The van der Waals surface area contributed by atoms with Gasteiger partial charge in [0, 0.05) is 12.7 Å². The van der Waals surface area contributed by atoms with Gasteiger partial charge in [-0.05, 0) is 30.7 Å². The van der Waals surface area contributed by atoms with Crippen LogP contribution in [0.25, 0.3) is 0 Å². The second-order valence-electron chi connectivity index (χ2n) is 4.90. The van der Waals surface area contributed by atoms with Gasteiger partial charge in [0.2, 0.25) is 9.28 Å². The Morgan fingerprint density at radius 2 is 1.40 bits per heavy atom. The molecule has 2 aromatic rings. The highest BCUT2D eigenvalue weighted by atomic mass is 29.2. The lowest BCUT2D eigenvalue weighted by Crippen LogP contribution is -2.57. The van der Waals surface area contributed by atoms with E-state index in [0.29, 0.717) is 0 Å². The summed E-state index contributed by atoms with van der Waals surface area (Å²) in [6.45, 7) is 0.858. The van der Waals surface area contributed by atoms with Crippen molar-refractivity contribution < 1.29 is 13.3 Å². The summed E-state index contributed by atoms with van der Waals surface area (Å²) in [7, 11) is -3.03. The molecule has 0 spiro atoms. The van der Waals surface area contributed by atoms with E-state index in [1.807, 2.05) is 60.7 Å². The van der Waals surface area contributed by atoms with Crippen LogP contribution in [0.15, 0.2) is 60.7 Å². The van der Waals surface area contributed by atoms with Crippen LogP contribution in [0, 0.1) is 0 Å². The Balaban J connectivity index is 1.81. The lowest BCUT2D eigenvalue weighted by molar-refractivity contribution is 0.296. The molecular weight excluding hydrogens is 284 g/mol. The van der Waals surface area contributed by atoms with Crippen molar-refractivity contribution in [3.05, 3.63) is 60.7 Å². The molecule has 104 valence electrons. The van der Waals surface area contributed by atoms with Gasteiger partial charge in [-0.3, -0.25) is 0 Å². The molecule has 0 aliphatic carbocycles. The van der Waals surface area contributed by atoms with Crippen molar-refractivity contribution >= 4 is 17.4 Å². The Bertz CT molecular complexity index is 484. The van der Waals surface area contributed by atoms with Crippen LogP contribution < -0.4 is 8.85 Å². The van der Waals surface area contributed by atoms with Crippen LogP contribution in [0.3, 0.4) is 0 Å². The van der Waals surface area contributed by atoms with E-state index in [0.717, 1.165) is 30.6 Å². The maximum Gasteiger partial charge on any atom is 0.456 e. The van der Waals surface area contributed by atoms with Crippen molar-refractivity contribution in [2.45, 2.75) is 12.5 Å². The van der Waals surface area contributed by atoms with Gasteiger partial charge in [-0.2, -0.15) is 0 Å². The summed E-state index contributed by atoms with van der Waals surface area (Å²) in [5.41, 5.74) is 0. The third-order valence-electron chi connectivity index (χ3n) is 3.26. The lowest BCUT2D eigenvalue weighted by atomic mass is 10.3. The first-order chi connectivity index (χ1) is 9.86. The van der Waals surface area contributed by atoms with E-state index >= 15 is 0 Å². The quantitative estimate of drug-likeness (QED) is 0.813. The third-order valence-corrected chi connectivity index (χ3v) is 10.4. The fourth-order valence-corrected chi connectivity index (χ4v) is 9.22. The smallest absolute Gasteiger partial charge is 0.456 e. The highest BCUT2D eigenvalue weighted by molar-refractivity contribution is 7.16. The SMILES string of the molecule is c1ccc(O[Si]2(Oc3ccccc3)CCCO[SiH2]2)cc1. The predicted molar refractivity (Wildman–Crippen MR) is 83.8 cm³/mol. The number of rotatable bonds is 4. The van der Waals surface area contributed by atoms with Crippen LogP contribution in [-0.4, -0.2) is 24.0 Å². The maximum absolute atomic E-state index is 6.30. The van der Waals surface area contributed by atoms with Crippen molar-refractivity contribution in [3.63, 3.8) is 0 Å². The molecule has 1 fully saturated rings. The molecule has 0 atom stereocenters. The highest BCUT2D eigenvalue weighted by Gasteiger charge is 2.45. The van der Waals surface area contributed by atoms with Crippen molar-refractivity contribution in [2.24, 2.45) is 0 Å². The van der Waals surface area contributed by atoms with Gasteiger partial charge < -0.3 is 13.3 Å². The molecule has 0 amide bonds. The fourth-order valence-electron chi connectivity index (χ4n) is 2.33. The molecule has 3 nitrogen and oxygen atoms in total. The van der Waals surface area contributed by atoms with E-state index in [1.54, 1.807) is 0 Å². The summed E-state index contributed by atoms with van der Waals surface area (Å²) in [6, 6.07) is 20.9. The monoisotopic (exact) mass is 302 g/mol. The average molecular weight is 302 g/mol. The minimum Gasteiger partial charge on any atom is -0.513 e. The molecule has 1 aliphatic rings. The summed E-state index contributed by atoms with van der Waals surface area (Å²) < 4.78 is 18.4. The molecule has 3 rings (SSSR count). The molecule has 20 heavy (non-hydrogen) atoms. The third kappa shape index (κ3) is 3.30. The molecule has 0 unspecified atom stereocenters. The molecule has 0 aromatic heterocycles. The van der Waals surface area contributed by atoms with Crippen molar-refractivity contribution in [3.8, 4) is 11.5 Å².